The van der Waals surface area contributed by atoms with E-state index in [0.717, 1.165) is 22.6 Å². The van der Waals surface area contributed by atoms with Crippen molar-refractivity contribution in [3.05, 3.63) is 60.3 Å². The molecule has 1 N–H and O–H groups in total. The van der Waals surface area contributed by atoms with Crippen LogP contribution in [0.4, 0.5) is 0 Å². The maximum Gasteiger partial charge on any atom is 0.200 e. The van der Waals surface area contributed by atoms with Crippen molar-refractivity contribution in [3.8, 4) is 11.6 Å². The smallest absolute Gasteiger partial charge is 0.200 e. The number of hydrogen-bond donors (Lipinski definition) is 1. The fraction of sp³-hybridized carbons (Fsp3) is 0.0667. The molecule has 0 saturated heterocycles. The highest BCUT2D eigenvalue weighted by Crippen LogP contribution is 2.30. The van der Waals surface area contributed by atoms with E-state index in [1.165, 1.54) is 5.39 Å². The number of hydrogen-bond acceptors (Lipinski definition) is 1. The minimum Gasteiger partial charge on any atom is -0.440 e. The molecule has 0 aliphatic heterocycles. The standard InChI is InChI=1S/C15H13NO/c1-11-9-10-16-15(11)17-14-8-4-6-12-5-2-3-7-13(12)14/h2-10,16H,1H3. The van der Waals surface area contributed by atoms with Crippen LogP contribution in [0.15, 0.2) is 54.7 Å². The number of aryl methyl sites for hydroxylation is 1. The maximum absolute atomic E-state index is 5.91. The molecule has 0 aliphatic rings. The van der Waals surface area contributed by atoms with E-state index in [-0.39, 0.29) is 0 Å². The molecule has 1 heterocycles. The van der Waals surface area contributed by atoms with E-state index in [4.69, 9.17) is 4.74 Å². The number of fused-ring (bicyclic) bond motifs is 1. The van der Waals surface area contributed by atoms with Crippen LogP contribution < -0.4 is 4.74 Å². The van der Waals surface area contributed by atoms with Gasteiger partial charge < -0.3 is 9.72 Å². The third-order valence-corrected chi connectivity index (χ3v) is 2.87. The predicted octanol–water partition coefficient (Wildman–Crippen LogP) is 4.27. The van der Waals surface area contributed by atoms with Crippen molar-refractivity contribution in [2.45, 2.75) is 6.92 Å². The second-order valence-electron chi connectivity index (χ2n) is 4.07. The first kappa shape index (κ1) is 9.97. The number of aromatic amines is 1. The Bertz CT molecular complexity index is 649. The van der Waals surface area contributed by atoms with Crippen molar-refractivity contribution in [2.24, 2.45) is 0 Å². The molecule has 1 aromatic heterocycles. The summed E-state index contributed by atoms with van der Waals surface area (Å²) in [6.45, 7) is 2.02. The third kappa shape index (κ3) is 1.78. The lowest BCUT2D eigenvalue weighted by atomic mass is 10.1. The van der Waals surface area contributed by atoms with Gasteiger partial charge in [-0.1, -0.05) is 36.4 Å². The van der Waals surface area contributed by atoms with Gasteiger partial charge in [0.1, 0.15) is 5.75 Å². The molecule has 0 spiro atoms. The highest BCUT2D eigenvalue weighted by atomic mass is 16.5. The number of ether oxygens (including phenoxy) is 1. The van der Waals surface area contributed by atoms with E-state index < -0.39 is 0 Å². The summed E-state index contributed by atoms with van der Waals surface area (Å²) in [7, 11) is 0. The quantitative estimate of drug-likeness (QED) is 0.689. The Labute approximate surface area is 99.9 Å². The van der Waals surface area contributed by atoms with Gasteiger partial charge in [0.15, 0.2) is 5.88 Å². The van der Waals surface area contributed by atoms with Crippen LogP contribution in [-0.4, -0.2) is 4.98 Å². The van der Waals surface area contributed by atoms with Gasteiger partial charge in [-0.05, 0) is 24.4 Å². The summed E-state index contributed by atoms with van der Waals surface area (Å²) in [5, 5.41) is 2.32. The number of nitrogens with one attached hydrogen (secondary N) is 1. The Hall–Kier alpha value is -2.22. The first-order chi connectivity index (χ1) is 8.34. The van der Waals surface area contributed by atoms with Crippen LogP contribution >= 0.6 is 0 Å². The predicted molar refractivity (Wildman–Crippen MR) is 69.6 cm³/mol. The summed E-state index contributed by atoms with van der Waals surface area (Å²) in [6.07, 6.45) is 1.88. The van der Waals surface area contributed by atoms with Crippen molar-refractivity contribution in [3.63, 3.8) is 0 Å². The molecule has 2 heteroatoms. The Morgan fingerprint density at radius 2 is 1.76 bits per heavy atom. The van der Waals surface area contributed by atoms with Crippen molar-refractivity contribution >= 4 is 10.8 Å². The van der Waals surface area contributed by atoms with Crippen LogP contribution in [-0.2, 0) is 0 Å². The van der Waals surface area contributed by atoms with Crippen LogP contribution in [0.25, 0.3) is 10.8 Å². The zero-order chi connectivity index (χ0) is 11.7. The summed E-state index contributed by atoms with van der Waals surface area (Å²) in [5.41, 5.74) is 1.11. The molecular weight excluding hydrogens is 210 g/mol. The molecule has 2 nitrogen and oxygen atoms in total. The molecule has 17 heavy (non-hydrogen) atoms. The summed E-state index contributed by atoms with van der Waals surface area (Å²) in [6, 6.07) is 16.3. The molecule has 0 atom stereocenters. The molecule has 3 aromatic rings. The molecule has 0 unspecified atom stereocenters. The Balaban J connectivity index is 2.09. The Kier molecular flexibility index (Phi) is 2.33. The fourth-order valence-corrected chi connectivity index (χ4v) is 1.94. The fourth-order valence-electron chi connectivity index (χ4n) is 1.94. The normalized spacial score (nSPS) is 10.6. The van der Waals surface area contributed by atoms with Crippen molar-refractivity contribution < 1.29 is 4.74 Å². The van der Waals surface area contributed by atoms with Crippen molar-refractivity contribution in [1.82, 2.24) is 4.98 Å². The zero-order valence-corrected chi connectivity index (χ0v) is 9.60. The van der Waals surface area contributed by atoms with Crippen LogP contribution in [0.1, 0.15) is 5.56 Å². The number of benzene rings is 2. The van der Waals surface area contributed by atoms with Gasteiger partial charge in [0.25, 0.3) is 0 Å². The van der Waals surface area contributed by atoms with E-state index in [9.17, 15) is 0 Å². The van der Waals surface area contributed by atoms with Gasteiger partial charge in [0, 0.05) is 17.1 Å². The minimum atomic E-state index is 0.807. The summed E-state index contributed by atoms with van der Waals surface area (Å²) in [5.74, 6) is 1.69. The van der Waals surface area contributed by atoms with Gasteiger partial charge in [-0.3, -0.25) is 0 Å². The lowest BCUT2D eigenvalue weighted by Gasteiger charge is -2.08. The van der Waals surface area contributed by atoms with Gasteiger partial charge in [-0.25, -0.2) is 0 Å². The number of aromatic nitrogens is 1. The lowest BCUT2D eigenvalue weighted by molar-refractivity contribution is 0.468. The van der Waals surface area contributed by atoms with Crippen molar-refractivity contribution in [1.29, 1.82) is 0 Å². The van der Waals surface area contributed by atoms with Gasteiger partial charge in [0.05, 0.1) is 0 Å². The molecule has 0 amide bonds. The van der Waals surface area contributed by atoms with Crippen LogP contribution in [0.3, 0.4) is 0 Å². The van der Waals surface area contributed by atoms with E-state index in [2.05, 4.69) is 23.2 Å². The highest BCUT2D eigenvalue weighted by molar-refractivity contribution is 5.88. The monoisotopic (exact) mass is 223 g/mol. The first-order valence-corrected chi connectivity index (χ1v) is 5.64. The molecule has 84 valence electrons. The molecule has 2 aromatic carbocycles. The molecule has 0 saturated carbocycles. The van der Waals surface area contributed by atoms with E-state index in [1.807, 2.05) is 43.5 Å². The topological polar surface area (TPSA) is 25.0 Å². The zero-order valence-electron chi connectivity index (χ0n) is 9.60. The molecule has 0 aliphatic carbocycles. The van der Waals surface area contributed by atoms with Crippen molar-refractivity contribution in [2.75, 3.05) is 0 Å². The molecule has 0 fully saturated rings. The van der Waals surface area contributed by atoms with Crippen LogP contribution in [0, 0.1) is 6.92 Å². The van der Waals surface area contributed by atoms with Gasteiger partial charge >= 0.3 is 0 Å². The Morgan fingerprint density at radius 1 is 0.941 bits per heavy atom. The Morgan fingerprint density at radius 3 is 2.59 bits per heavy atom. The molecule has 0 radical (unpaired) electrons. The molecule has 3 rings (SSSR count). The molecular formula is C15H13NO. The highest BCUT2D eigenvalue weighted by Gasteiger charge is 2.05. The second kappa shape index (κ2) is 3.98. The third-order valence-electron chi connectivity index (χ3n) is 2.87. The van der Waals surface area contributed by atoms with Crippen LogP contribution in [0.5, 0.6) is 11.6 Å². The van der Waals surface area contributed by atoms with Crippen LogP contribution in [0.2, 0.25) is 0 Å². The van der Waals surface area contributed by atoms with Gasteiger partial charge in [-0.15, -0.1) is 0 Å². The van der Waals surface area contributed by atoms with Gasteiger partial charge in [0.2, 0.25) is 0 Å². The summed E-state index contributed by atoms with van der Waals surface area (Å²) in [4.78, 5) is 3.10. The van der Waals surface area contributed by atoms with Gasteiger partial charge in [-0.2, -0.15) is 0 Å². The minimum absolute atomic E-state index is 0.807. The summed E-state index contributed by atoms with van der Waals surface area (Å²) < 4.78 is 5.91. The molecule has 0 bridgehead atoms. The number of H-pyrrole nitrogens is 1. The average Bonchev–Trinajstić information content (AvgIpc) is 2.76. The number of rotatable bonds is 2. The first-order valence-electron chi connectivity index (χ1n) is 5.64. The summed E-state index contributed by atoms with van der Waals surface area (Å²) >= 11 is 0. The average molecular weight is 223 g/mol. The van der Waals surface area contributed by atoms with E-state index in [0.29, 0.717) is 0 Å². The largest absolute Gasteiger partial charge is 0.440 e. The van der Waals surface area contributed by atoms with E-state index >= 15 is 0 Å². The lowest BCUT2D eigenvalue weighted by Crippen LogP contribution is -1.87. The maximum atomic E-state index is 5.91. The second-order valence-corrected chi connectivity index (χ2v) is 4.07. The van der Waals surface area contributed by atoms with E-state index in [1.54, 1.807) is 0 Å². The SMILES string of the molecule is Cc1cc[nH]c1Oc1cccc2ccccc12.